The molecule has 0 aliphatic carbocycles. The molecule has 6 nitrogen and oxygen atoms in total. The van der Waals surface area contributed by atoms with E-state index in [1.165, 1.54) is 12.3 Å². The monoisotopic (exact) mass is 441 g/mol. The molecule has 0 saturated carbocycles. The molecule has 7 heteroatoms. The fourth-order valence-electron chi connectivity index (χ4n) is 4.45. The molecule has 0 bridgehead atoms. The van der Waals surface area contributed by atoms with Crippen molar-refractivity contribution in [3.8, 4) is 0 Å². The summed E-state index contributed by atoms with van der Waals surface area (Å²) in [4.78, 5) is 33.1. The van der Waals surface area contributed by atoms with E-state index in [2.05, 4.69) is 19.9 Å². The van der Waals surface area contributed by atoms with Crippen molar-refractivity contribution < 1.29 is 9.18 Å². The number of pyridine rings is 1. The Labute approximate surface area is 191 Å². The number of rotatable bonds is 6. The molecule has 0 amide bonds. The molecule has 1 aromatic carbocycles. The molecule has 0 spiro atoms. The standard InChI is InChI=1S/C26H24FN5O/c27-20-7-8-22(30-17-20)21-15-23(18-5-2-1-3-6-18)31-24(21)16-25(33)19-9-13-32(14-10-19)26-28-11-4-12-29-26/h1-8,11-12,15,17,19,24H,9-10,13-14,16H2. The zero-order valence-electron chi connectivity index (χ0n) is 18.1. The van der Waals surface area contributed by atoms with Gasteiger partial charge in [-0.05, 0) is 42.7 Å². The highest BCUT2D eigenvalue weighted by Crippen LogP contribution is 2.31. The lowest BCUT2D eigenvalue weighted by atomic mass is 9.87. The third-order valence-electron chi connectivity index (χ3n) is 6.22. The van der Waals surface area contributed by atoms with E-state index in [9.17, 15) is 9.18 Å². The number of halogens is 1. The largest absolute Gasteiger partial charge is 0.341 e. The Hall–Kier alpha value is -3.74. The van der Waals surface area contributed by atoms with Crippen LogP contribution in [0.5, 0.6) is 0 Å². The van der Waals surface area contributed by atoms with Crippen LogP contribution in [0.3, 0.4) is 0 Å². The van der Waals surface area contributed by atoms with Gasteiger partial charge in [-0.1, -0.05) is 30.3 Å². The zero-order chi connectivity index (χ0) is 22.6. The van der Waals surface area contributed by atoms with Gasteiger partial charge in [0.25, 0.3) is 0 Å². The molecule has 0 N–H and O–H groups in total. The number of carbonyl (C=O) groups excluding carboxylic acids is 1. The van der Waals surface area contributed by atoms with E-state index in [1.807, 2.05) is 36.4 Å². The van der Waals surface area contributed by atoms with Crippen LogP contribution in [-0.4, -0.2) is 45.6 Å². The third kappa shape index (κ3) is 4.72. The maximum Gasteiger partial charge on any atom is 0.225 e. The summed E-state index contributed by atoms with van der Waals surface area (Å²) in [6, 6.07) is 14.4. The Morgan fingerprint density at radius 3 is 2.42 bits per heavy atom. The summed E-state index contributed by atoms with van der Waals surface area (Å²) >= 11 is 0. The molecule has 2 aromatic heterocycles. The number of allylic oxidation sites excluding steroid dienone is 1. The minimum absolute atomic E-state index is 0.0108. The van der Waals surface area contributed by atoms with Crippen molar-refractivity contribution in [1.82, 2.24) is 15.0 Å². The molecule has 1 atom stereocenters. The number of Topliss-reactive ketones (excluding diaryl/α,β-unsaturated/α-hetero) is 1. The summed E-state index contributed by atoms with van der Waals surface area (Å²) in [5, 5.41) is 0. The minimum atomic E-state index is -0.386. The topological polar surface area (TPSA) is 71.3 Å². The lowest BCUT2D eigenvalue weighted by molar-refractivity contribution is -0.123. The average molecular weight is 442 g/mol. The number of piperidine rings is 1. The Balaban J connectivity index is 1.31. The number of hydrogen-bond acceptors (Lipinski definition) is 6. The van der Waals surface area contributed by atoms with Crippen LogP contribution in [-0.2, 0) is 4.79 Å². The Bertz CT molecular complexity index is 1170. The van der Waals surface area contributed by atoms with Crippen LogP contribution in [0, 0.1) is 11.7 Å². The molecule has 2 aliphatic heterocycles. The predicted octanol–water partition coefficient (Wildman–Crippen LogP) is 4.14. The molecular formula is C26H24FN5O. The maximum absolute atomic E-state index is 13.4. The number of nitrogens with zero attached hydrogens (tertiary/aromatic N) is 5. The van der Waals surface area contributed by atoms with Crippen molar-refractivity contribution in [2.24, 2.45) is 10.9 Å². The van der Waals surface area contributed by atoms with Gasteiger partial charge < -0.3 is 4.90 Å². The first-order chi connectivity index (χ1) is 16.2. The van der Waals surface area contributed by atoms with E-state index >= 15 is 0 Å². The Morgan fingerprint density at radius 2 is 1.73 bits per heavy atom. The predicted molar refractivity (Wildman–Crippen MR) is 126 cm³/mol. The highest BCUT2D eigenvalue weighted by Gasteiger charge is 2.31. The van der Waals surface area contributed by atoms with Gasteiger partial charge in [-0.15, -0.1) is 0 Å². The highest BCUT2D eigenvalue weighted by molar-refractivity contribution is 6.15. The van der Waals surface area contributed by atoms with Crippen LogP contribution < -0.4 is 4.90 Å². The second kappa shape index (κ2) is 9.40. The van der Waals surface area contributed by atoms with Crippen LogP contribution >= 0.6 is 0 Å². The number of aliphatic imine (C=N–C) groups is 1. The van der Waals surface area contributed by atoms with Gasteiger partial charge in [0.1, 0.15) is 11.6 Å². The SMILES string of the molecule is O=C(CC1N=C(c2ccccc2)C=C1c1ccc(F)cn1)C1CCN(c2ncccn2)CC1. The molecule has 4 heterocycles. The van der Waals surface area contributed by atoms with Gasteiger partial charge in [-0.3, -0.25) is 14.8 Å². The summed E-state index contributed by atoms with van der Waals surface area (Å²) in [5.74, 6) is 0.523. The van der Waals surface area contributed by atoms with Gasteiger partial charge in [0.2, 0.25) is 5.95 Å². The van der Waals surface area contributed by atoms with Gasteiger partial charge in [0.15, 0.2) is 0 Å². The molecule has 3 aromatic rings. The number of carbonyl (C=O) groups is 1. The molecule has 166 valence electrons. The number of hydrogen-bond donors (Lipinski definition) is 0. The zero-order valence-corrected chi connectivity index (χ0v) is 18.1. The summed E-state index contributed by atoms with van der Waals surface area (Å²) in [7, 11) is 0. The van der Waals surface area contributed by atoms with E-state index in [-0.39, 0.29) is 23.6 Å². The second-order valence-electron chi connectivity index (χ2n) is 8.34. The van der Waals surface area contributed by atoms with E-state index in [0.29, 0.717) is 18.1 Å². The third-order valence-corrected chi connectivity index (χ3v) is 6.22. The molecule has 1 fully saturated rings. The summed E-state index contributed by atoms with van der Waals surface area (Å²) in [6.45, 7) is 1.51. The summed E-state index contributed by atoms with van der Waals surface area (Å²) in [6.07, 6.45) is 8.51. The molecule has 0 radical (unpaired) electrons. The van der Waals surface area contributed by atoms with Crippen molar-refractivity contribution >= 4 is 23.0 Å². The first-order valence-corrected chi connectivity index (χ1v) is 11.2. The second-order valence-corrected chi connectivity index (χ2v) is 8.34. The Morgan fingerprint density at radius 1 is 0.970 bits per heavy atom. The molecule has 1 saturated heterocycles. The van der Waals surface area contributed by atoms with Crippen molar-refractivity contribution in [2.45, 2.75) is 25.3 Å². The van der Waals surface area contributed by atoms with Crippen LogP contribution in [0.4, 0.5) is 10.3 Å². The van der Waals surface area contributed by atoms with Crippen molar-refractivity contribution in [2.75, 3.05) is 18.0 Å². The van der Waals surface area contributed by atoms with E-state index in [4.69, 9.17) is 4.99 Å². The molecule has 5 rings (SSSR count). The van der Waals surface area contributed by atoms with Crippen molar-refractivity contribution in [1.29, 1.82) is 0 Å². The quantitative estimate of drug-likeness (QED) is 0.575. The number of aromatic nitrogens is 3. The van der Waals surface area contributed by atoms with Crippen LogP contribution in [0.1, 0.15) is 30.5 Å². The van der Waals surface area contributed by atoms with Crippen molar-refractivity contribution in [3.05, 3.63) is 90.3 Å². The van der Waals surface area contributed by atoms with Gasteiger partial charge in [-0.25, -0.2) is 14.4 Å². The van der Waals surface area contributed by atoms with Crippen molar-refractivity contribution in [3.63, 3.8) is 0 Å². The van der Waals surface area contributed by atoms with Gasteiger partial charge in [0, 0.05) is 43.4 Å². The number of anilines is 1. The fourth-order valence-corrected chi connectivity index (χ4v) is 4.45. The molecule has 33 heavy (non-hydrogen) atoms. The number of benzene rings is 1. The fraction of sp³-hybridized carbons (Fsp3) is 0.269. The van der Waals surface area contributed by atoms with Crippen LogP contribution in [0.15, 0.2) is 78.2 Å². The number of ketones is 1. The van der Waals surface area contributed by atoms with Gasteiger partial charge in [-0.2, -0.15) is 0 Å². The lowest BCUT2D eigenvalue weighted by Crippen LogP contribution is -2.37. The smallest absolute Gasteiger partial charge is 0.225 e. The maximum atomic E-state index is 13.4. The lowest BCUT2D eigenvalue weighted by Gasteiger charge is -2.31. The Kier molecular flexibility index (Phi) is 6.02. The van der Waals surface area contributed by atoms with E-state index in [1.54, 1.807) is 24.5 Å². The summed E-state index contributed by atoms with van der Waals surface area (Å²) < 4.78 is 13.4. The molecular weight excluding hydrogens is 417 g/mol. The van der Waals surface area contributed by atoms with E-state index in [0.717, 1.165) is 42.8 Å². The van der Waals surface area contributed by atoms with Crippen LogP contribution in [0.2, 0.25) is 0 Å². The normalized spacial score (nSPS) is 18.7. The first-order valence-electron chi connectivity index (χ1n) is 11.2. The highest BCUT2D eigenvalue weighted by atomic mass is 19.1. The van der Waals surface area contributed by atoms with Gasteiger partial charge >= 0.3 is 0 Å². The summed E-state index contributed by atoms with van der Waals surface area (Å²) in [5.41, 5.74) is 3.33. The first kappa shape index (κ1) is 21.1. The van der Waals surface area contributed by atoms with Gasteiger partial charge in [0.05, 0.1) is 23.6 Å². The van der Waals surface area contributed by atoms with E-state index < -0.39 is 0 Å². The average Bonchev–Trinajstić information content (AvgIpc) is 3.29. The molecule has 1 unspecified atom stereocenters. The molecule has 2 aliphatic rings. The van der Waals surface area contributed by atoms with Crippen LogP contribution in [0.25, 0.3) is 5.57 Å². The minimum Gasteiger partial charge on any atom is -0.341 e.